The first-order valence-electron chi connectivity index (χ1n) is 5.87. The molecule has 0 aliphatic rings. The molecule has 2 aromatic rings. The standard InChI is InChI=1S/C14H14O/c1-11(10-15)9-13-7-4-6-12-5-2-3-8-14(12)13/h2-9,15H,10H2,1H3/b11-9+/i10D2. The van der Waals surface area contributed by atoms with Crippen LogP contribution >= 0.6 is 0 Å². The Morgan fingerprint density at radius 1 is 1.27 bits per heavy atom. The molecular formula is C14H14O. The molecule has 0 fully saturated rings. The maximum absolute atomic E-state index is 9.28. The minimum absolute atomic E-state index is 0.300. The highest BCUT2D eigenvalue weighted by atomic mass is 16.3. The van der Waals surface area contributed by atoms with Crippen molar-refractivity contribution in [3.8, 4) is 0 Å². The largest absolute Gasteiger partial charge is 0.392 e. The van der Waals surface area contributed by atoms with Gasteiger partial charge >= 0.3 is 0 Å². The Morgan fingerprint density at radius 3 is 2.80 bits per heavy atom. The molecule has 15 heavy (non-hydrogen) atoms. The number of fused-ring (bicyclic) bond motifs is 1. The predicted molar refractivity (Wildman–Crippen MR) is 64.7 cm³/mol. The van der Waals surface area contributed by atoms with Gasteiger partial charge in [-0.1, -0.05) is 48.5 Å². The minimum atomic E-state index is -2.27. The van der Waals surface area contributed by atoms with E-state index in [9.17, 15) is 5.11 Å². The first-order valence-corrected chi connectivity index (χ1v) is 4.87. The molecule has 0 aliphatic heterocycles. The normalized spacial score (nSPS) is 14.9. The van der Waals surface area contributed by atoms with Gasteiger partial charge in [0, 0.05) is 0 Å². The molecule has 0 bridgehead atoms. The molecule has 0 aliphatic carbocycles. The van der Waals surface area contributed by atoms with Gasteiger partial charge in [-0.3, -0.25) is 0 Å². The summed E-state index contributed by atoms with van der Waals surface area (Å²) in [4.78, 5) is 0. The highest BCUT2D eigenvalue weighted by Gasteiger charge is 1.97. The monoisotopic (exact) mass is 200 g/mol. The van der Waals surface area contributed by atoms with Gasteiger partial charge in [0.2, 0.25) is 0 Å². The lowest BCUT2D eigenvalue weighted by atomic mass is 10.0. The summed E-state index contributed by atoms with van der Waals surface area (Å²) in [6.45, 7) is -0.682. The highest BCUT2D eigenvalue weighted by molar-refractivity contribution is 5.90. The van der Waals surface area contributed by atoms with Gasteiger partial charge in [-0.15, -0.1) is 0 Å². The zero-order valence-corrected chi connectivity index (χ0v) is 8.57. The van der Waals surface area contributed by atoms with Crippen molar-refractivity contribution in [2.45, 2.75) is 6.92 Å². The molecule has 0 saturated heterocycles. The Bertz CT molecular complexity index is 562. The zero-order valence-electron chi connectivity index (χ0n) is 10.6. The summed E-state index contributed by atoms with van der Waals surface area (Å²) >= 11 is 0. The number of hydrogen-bond acceptors (Lipinski definition) is 1. The SMILES string of the molecule is [2H]C([2H])(O)/C(C)=C/c1cccc2ccccc12. The van der Waals surface area contributed by atoms with Crippen LogP contribution in [0.25, 0.3) is 16.8 Å². The van der Waals surface area contributed by atoms with Crippen molar-refractivity contribution in [3.63, 3.8) is 0 Å². The molecule has 0 radical (unpaired) electrons. The van der Waals surface area contributed by atoms with Gasteiger partial charge in [-0.2, -0.15) is 0 Å². The maximum atomic E-state index is 9.28. The Balaban J connectivity index is 2.57. The van der Waals surface area contributed by atoms with E-state index in [4.69, 9.17) is 2.74 Å². The van der Waals surface area contributed by atoms with Crippen LogP contribution in [0.2, 0.25) is 0 Å². The summed E-state index contributed by atoms with van der Waals surface area (Å²) < 4.78 is 14.5. The van der Waals surface area contributed by atoms with Crippen LogP contribution in [0.5, 0.6) is 0 Å². The fourth-order valence-corrected chi connectivity index (χ4v) is 1.64. The molecule has 0 aromatic heterocycles. The summed E-state index contributed by atoms with van der Waals surface area (Å²) in [6, 6.07) is 13.8. The van der Waals surface area contributed by atoms with Crippen molar-refractivity contribution in [2.24, 2.45) is 0 Å². The van der Waals surface area contributed by atoms with Gasteiger partial charge in [0.05, 0.1) is 9.30 Å². The molecule has 0 unspecified atom stereocenters. The van der Waals surface area contributed by atoms with Crippen LogP contribution < -0.4 is 0 Å². The van der Waals surface area contributed by atoms with Crippen LogP contribution in [-0.4, -0.2) is 11.7 Å². The van der Waals surface area contributed by atoms with E-state index in [1.807, 2.05) is 42.5 Å². The van der Waals surface area contributed by atoms with E-state index in [0.29, 0.717) is 5.57 Å². The van der Waals surface area contributed by atoms with Crippen molar-refractivity contribution in [2.75, 3.05) is 6.56 Å². The molecular weight excluding hydrogens is 184 g/mol. The second-order valence-electron chi connectivity index (χ2n) is 3.51. The van der Waals surface area contributed by atoms with E-state index in [1.54, 1.807) is 13.0 Å². The lowest BCUT2D eigenvalue weighted by Crippen LogP contribution is -1.84. The second-order valence-corrected chi connectivity index (χ2v) is 3.51. The summed E-state index contributed by atoms with van der Waals surface area (Å²) in [7, 11) is 0. The lowest BCUT2D eigenvalue weighted by molar-refractivity contribution is 0.332. The Morgan fingerprint density at radius 2 is 2.00 bits per heavy atom. The number of aliphatic hydroxyl groups is 1. The van der Waals surface area contributed by atoms with Crippen LogP contribution in [0.1, 0.15) is 15.2 Å². The summed E-state index contributed by atoms with van der Waals surface area (Å²) in [5.74, 6) is 0. The fourth-order valence-electron chi connectivity index (χ4n) is 1.64. The summed E-state index contributed by atoms with van der Waals surface area (Å²) in [6.07, 6.45) is 1.68. The number of rotatable bonds is 2. The van der Waals surface area contributed by atoms with Crippen molar-refractivity contribution in [3.05, 3.63) is 53.6 Å². The van der Waals surface area contributed by atoms with Gasteiger partial charge in [0.25, 0.3) is 0 Å². The second kappa shape index (κ2) is 4.28. The molecule has 76 valence electrons. The minimum Gasteiger partial charge on any atom is -0.392 e. The van der Waals surface area contributed by atoms with E-state index in [2.05, 4.69) is 0 Å². The molecule has 0 atom stereocenters. The van der Waals surface area contributed by atoms with Crippen LogP contribution in [0, 0.1) is 0 Å². The maximum Gasteiger partial charge on any atom is 0.0642 e. The van der Waals surface area contributed by atoms with E-state index in [0.717, 1.165) is 16.3 Å². The Hall–Kier alpha value is -1.60. The average Bonchev–Trinajstić information content (AvgIpc) is 2.28. The first kappa shape index (κ1) is 7.66. The fraction of sp³-hybridized carbons (Fsp3) is 0.143. The first-order chi connectivity index (χ1) is 7.98. The topological polar surface area (TPSA) is 20.2 Å². The smallest absolute Gasteiger partial charge is 0.0642 e. The molecule has 1 nitrogen and oxygen atoms in total. The van der Waals surface area contributed by atoms with Crippen LogP contribution in [0.15, 0.2) is 48.0 Å². The Kier molecular flexibility index (Phi) is 2.19. The predicted octanol–water partition coefficient (Wildman–Crippen LogP) is 3.24. The van der Waals surface area contributed by atoms with E-state index in [-0.39, 0.29) is 0 Å². The third-order valence-corrected chi connectivity index (χ3v) is 2.37. The van der Waals surface area contributed by atoms with Gasteiger partial charge in [-0.25, -0.2) is 0 Å². The molecule has 0 saturated carbocycles. The van der Waals surface area contributed by atoms with E-state index in [1.165, 1.54) is 0 Å². The van der Waals surface area contributed by atoms with Crippen molar-refractivity contribution in [1.29, 1.82) is 0 Å². The third kappa shape index (κ3) is 2.08. The Labute approximate surface area is 92.5 Å². The molecule has 0 spiro atoms. The van der Waals surface area contributed by atoms with Crippen molar-refractivity contribution in [1.82, 2.24) is 0 Å². The number of hydrogen-bond donors (Lipinski definition) is 1. The average molecular weight is 200 g/mol. The molecule has 1 N–H and O–H groups in total. The highest BCUT2D eigenvalue weighted by Crippen LogP contribution is 2.20. The van der Waals surface area contributed by atoms with Crippen molar-refractivity contribution < 1.29 is 7.85 Å². The lowest BCUT2D eigenvalue weighted by Gasteiger charge is -2.03. The molecule has 1 heteroatoms. The van der Waals surface area contributed by atoms with Crippen LogP contribution in [0.3, 0.4) is 0 Å². The van der Waals surface area contributed by atoms with Gasteiger partial charge < -0.3 is 5.11 Å². The molecule has 0 heterocycles. The molecule has 2 rings (SSSR count). The quantitative estimate of drug-likeness (QED) is 0.789. The zero-order chi connectivity index (χ0) is 12.5. The van der Waals surface area contributed by atoms with Crippen LogP contribution in [-0.2, 0) is 0 Å². The third-order valence-electron chi connectivity index (χ3n) is 2.37. The number of benzene rings is 2. The van der Waals surface area contributed by atoms with Gasteiger partial charge in [0.1, 0.15) is 0 Å². The van der Waals surface area contributed by atoms with E-state index < -0.39 is 6.56 Å². The van der Waals surface area contributed by atoms with Crippen LogP contribution in [0.4, 0.5) is 0 Å². The van der Waals surface area contributed by atoms with E-state index >= 15 is 0 Å². The molecule has 0 amide bonds. The summed E-state index contributed by atoms with van der Waals surface area (Å²) in [5.41, 5.74) is 1.22. The van der Waals surface area contributed by atoms with Crippen molar-refractivity contribution >= 4 is 16.8 Å². The summed E-state index contributed by atoms with van der Waals surface area (Å²) in [5, 5.41) is 11.4. The molecule has 2 aromatic carbocycles. The van der Waals surface area contributed by atoms with Gasteiger partial charge in [-0.05, 0) is 28.8 Å². The van der Waals surface area contributed by atoms with Gasteiger partial charge in [0.15, 0.2) is 0 Å².